The molecule has 62 valence electrons. The van der Waals surface area contributed by atoms with Crippen LogP contribution in [0.15, 0.2) is 12.2 Å². The molecule has 0 radical (unpaired) electrons. The highest BCUT2D eigenvalue weighted by Crippen LogP contribution is 2.01. The highest BCUT2D eigenvalue weighted by molar-refractivity contribution is 5.80. The number of allylic oxidation sites excluding steroid dienone is 1. The SMILES string of the molecule is O=C(NO)C1CCC=CCN1. The minimum Gasteiger partial charge on any atom is -0.302 e. The summed E-state index contributed by atoms with van der Waals surface area (Å²) in [7, 11) is 0. The van der Waals surface area contributed by atoms with Gasteiger partial charge in [-0.1, -0.05) is 12.2 Å². The van der Waals surface area contributed by atoms with Crippen LogP contribution in [0.5, 0.6) is 0 Å². The van der Waals surface area contributed by atoms with Crippen molar-refractivity contribution in [1.82, 2.24) is 10.8 Å². The maximum Gasteiger partial charge on any atom is 0.260 e. The third-order valence-electron chi connectivity index (χ3n) is 1.70. The minimum atomic E-state index is -0.353. The first-order valence-corrected chi connectivity index (χ1v) is 3.67. The van der Waals surface area contributed by atoms with Gasteiger partial charge in [0.2, 0.25) is 0 Å². The number of carbonyl (C=O) groups is 1. The zero-order valence-corrected chi connectivity index (χ0v) is 6.21. The normalized spacial score (nSPS) is 24.3. The van der Waals surface area contributed by atoms with Gasteiger partial charge in [-0.15, -0.1) is 0 Å². The second-order valence-electron chi connectivity index (χ2n) is 2.49. The molecule has 1 aliphatic rings. The summed E-state index contributed by atoms with van der Waals surface area (Å²) in [6.07, 6.45) is 5.62. The van der Waals surface area contributed by atoms with Crippen molar-refractivity contribution in [3.05, 3.63) is 12.2 Å². The largest absolute Gasteiger partial charge is 0.302 e. The number of hydroxylamine groups is 1. The van der Waals surface area contributed by atoms with Crippen LogP contribution in [0.3, 0.4) is 0 Å². The molecule has 0 bridgehead atoms. The molecule has 0 aliphatic carbocycles. The van der Waals surface area contributed by atoms with Gasteiger partial charge in [0.1, 0.15) is 0 Å². The highest BCUT2D eigenvalue weighted by atomic mass is 16.5. The topological polar surface area (TPSA) is 61.4 Å². The van der Waals surface area contributed by atoms with Crippen LogP contribution in [0.4, 0.5) is 0 Å². The van der Waals surface area contributed by atoms with Crippen molar-refractivity contribution in [2.75, 3.05) is 6.54 Å². The van der Waals surface area contributed by atoms with E-state index in [1.165, 1.54) is 0 Å². The molecule has 1 rings (SSSR count). The summed E-state index contributed by atoms with van der Waals surface area (Å²) >= 11 is 0. The van der Waals surface area contributed by atoms with Crippen molar-refractivity contribution < 1.29 is 10.0 Å². The van der Waals surface area contributed by atoms with E-state index in [1.54, 1.807) is 5.48 Å². The van der Waals surface area contributed by atoms with Crippen molar-refractivity contribution >= 4 is 5.91 Å². The van der Waals surface area contributed by atoms with Crippen LogP contribution in [0, 0.1) is 0 Å². The lowest BCUT2D eigenvalue weighted by atomic mass is 10.1. The van der Waals surface area contributed by atoms with Crippen molar-refractivity contribution in [2.45, 2.75) is 18.9 Å². The molecule has 0 saturated heterocycles. The number of hydrogen-bond acceptors (Lipinski definition) is 3. The lowest BCUT2D eigenvalue weighted by Crippen LogP contribution is -2.42. The third-order valence-corrected chi connectivity index (χ3v) is 1.70. The predicted octanol–water partition coefficient (Wildman–Crippen LogP) is -0.200. The molecular weight excluding hydrogens is 144 g/mol. The fourth-order valence-corrected chi connectivity index (χ4v) is 1.08. The lowest BCUT2D eigenvalue weighted by Gasteiger charge is -2.11. The number of hydrogen-bond donors (Lipinski definition) is 3. The smallest absolute Gasteiger partial charge is 0.260 e. The first-order chi connectivity index (χ1) is 5.34. The van der Waals surface area contributed by atoms with Crippen LogP contribution >= 0.6 is 0 Å². The fourth-order valence-electron chi connectivity index (χ4n) is 1.08. The molecule has 1 unspecified atom stereocenters. The van der Waals surface area contributed by atoms with Gasteiger partial charge in [0.25, 0.3) is 5.91 Å². The average molecular weight is 156 g/mol. The Bertz CT molecular complexity index is 158. The molecule has 0 aromatic heterocycles. The summed E-state index contributed by atoms with van der Waals surface area (Å²) in [5.74, 6) is -0.353. The van der Waals surface area contributed by atoms with E-state index in [4.69, 9.17) is 5.21 Å². The number of amides is 1. The summed E-state index contributed by atoms with van der Waals surface area (Å²) < 4.78 is 0. The van der Waals surface area contributed by atoms with E-state index < -0.39 is 0 Å². The Morgan fingerprint density at radius 1 is 1.64 bits per heavy atom. The Balaban J connectivity index is 2.40. The maximum absolute atomic E-state index is 10.9. The van der Waals surface area contributed by atoms with Gasteiger partial charge in [-0.25, -0.2) is 5.48 Å². The van der Waals surface area contributed by atoms with Gasteiger partial charge in [0.05, 0.1) is 6.04 Å². The highest BCUT2D eigenvalue weighted by Gasteiger charge is 2.16. The van der Waals surface area contributed by atoms with Crippen molar-refractivity contribution in [2.24, 2.45) is 0 Å². The van der Waals surface area contributed by atoms with Gasteiger partial charge in [0, 0.05) is 6.54 Å². The average Bonchev–Trinajstić information content (AvgIpc) is 2.30. The molecule has 0 saturated carbocycles. The first kappa shape index (κ1) is 8.23. The molecule has 3 N–H and O–H groups in total. The summed E-state index contributed by atoms with van der Waals surface area (Å²) in [5, 5.41) is 11.3. The van der Waals surface area contributed by atoms with E-state index in [0.29, 0.717) is 6.54 Å². The van der Waals surface area contributed by atoms with Crippen LogP contribution in [0.2, 0.25) is 0 Å². The summed E-state index contributed by atoms with van der Waals surface area (Å²) in [6.45, 7) is 0.693. The predicted molar refractivity (Wildman–Crippen MR) is 40.1 cm³/mol. The molecule has 0 aromatic rings. The first-order valence-electron chi connectivity index (χ1n) is 3.67. The van der Waals surface area contributed by atoms with E-state index in [1.807, 2.05) is 12.2 Å². The zero-order valence-electron chi connectivity index (χ0n) is 6.21. The molecule has 1 atom stereocenters. The van der Waals surface area contributed by atoms with E-state index in [2.05, 4.69) is 5.32 Å². The monoisotopic (exact) mass is 156 g/mol. The molecule has 4 heteroatoms. The van der Waals surface area contributed by atoms with Gasteiger partial charge in [-0.2, -0.15) is 0 Å². The van der Waals surface area contributed by atoms with Crippen LogP contribution in [0.25, 0.3) is 0 Å². The van der Waals surface area contributed by atoms with E-state index in [9.17, 15) is 4.79 Å². The van der Waals surface area contributed by atoms with Crippen molar-refractivity contribution in [3.63, 3.8) is 0 Å². The quantitative estimate of drug-likeness (QED) is 0.280. The molecule has 0 spiro atoms. The zero-order chi connectivity index (χ0) is 8.10. The van der Waals surface area contributed by atoms with Crippen LogP contribution in [0.1, 0.15) is 12.8 Å². The van der Waals surface area contributed by atoms with Crippen LogP contribution in [-0.4, -0.2) is 23.7 Å². The number of rotatable bonds is 1. The fraction of sp³-hybridized carbons (Fsp3) is 0.571. The van der Waals surface area contributed by atoms with E-state index in [0.717, 1.165) is 12.8 Å². The lowest BCUT2D eigenvalue weighted by molar-refractivity contribution is -0.131. The molecule has 1 heterocycles. The van der Waals surface area contributed by atoms with Gasteiger partial charge in [-0.3, -0.25) is 10.0 Å². The molecular formula is C7H12N2O2. The van der Waals surface area contributed by atoms with Crippen molar-refractivity contribution in [3.8, 4) is 0 Å². The van der Waals surface area contributed by atoms with Gasteiger partial charge in [0.15, 0.2) is 0 Å². The third kappa shape index (κ3) is 2.32. The van der Waals surface area contributed by atoms with Gasteiger partial charge in [-0.05, 0) is 12.8 Å². The minimum absolute atomic E-state index is 0.255. The Kier molecular flexibility index (Phi) is 3.07. The molecule has 0 aromatic carbocycles. The van der Waals surface area contributed by atoms with Crippen molar-refractivity contribution in [1.29, 1.82) is 0 Å². The summed E-state index contributed by atoms with van der Waals surface area (Å²) in [4.78, 5) is 10.9. The molecule has 11 heavy (non-hydrogen) atoms. The number of carbonyl (C=O) groups excluding carboxylic acids is 1. The van der Waals surface area contributed by atoms with Crippen LogP contribution < -0.4 is 10.8 Å². The van der Waals surface area contributed by atoms with Gasteiger partial charge < -0.3 is 5.32 Å². The van der Waals surface area contributed by atoms with Gasteiger partial charge >= 0.3 is 0 Å². The molecule has 0 fully saturated rings. The molecule has 1 amide bonds. The Morgan fingerprint density at radius 2 is 2.45 bits per heavy atom. The Hall–Kier alpha value is -0.870. The summed E-state index contributed by atoms with van der Waals surface area (Å²) in [5.41, 5.74) is 1.63. The summed E-state index contributed by atoms with van der Waals surface area (Å²) in [6, 6.07) is -0.255. The second-order valence-corrected chi connectivity index (χ2v) is 2.49. The van der Waals surface area contributed by atoms with E-state index in [-0.39, 0.29) is 11.9 Å². The van der Waals surface area contributed by atoms with E-state index >= 15 is 0 Å². The molecule has 4 nitrogen and oxygen atoms in total. The standard InChI is InChI=1S/C7H12N2O2/c10-7(9-11)6-4-2-1-3-5-8-6/h1,3,6,8,11H,2,4-5H2,(H,9,10). The Morgan fingerprint density at radius 3 is 3.18 bits per heavy atom. The molecule has 1 aliphatic heterocycles. The number of nitrogens with one attached hydrogen (secondary N) is 2. The maximum atomic E-state index is 10.9. The Labute approximate surface area is 65.2 Å². The van der Waals surface area contributed by atoms with Crippen LogP contribution in [-0.2, 0) is 4.79 Å². The second kappa shape index (κ2) is 4.10.